The van der Waals surface area contributed by atoms with Gasteiger partial charge in [-0.25, -0.2) is 4.79 Å². The van der Waals surface area contributed by atoms with E-state index in [0.29, 0.717) is 6.16 Å². The summed E-state index contributed by atoms with van der Waals surface area (Å²) in [6.45, 7) is 19.0. The van der Waals surface area contributed by atoms with Crippen molar-refractivity contribution in [1.82, 2.24) is 14.7 Å². The standard InChI is InChI=1S/C28H50N3O5PS/c1-23(2)35-37(34,36-24(3)4)21-11-15-29-17-19-30(20-18-29)16-14-25(31(27(32)33)28(5,6)7)22-38-26-12-9-8-10-13-26/h8-10,12-13,23-25H,11,14-22H2,1-7H3,(H,32,33)/t25-/m1/s1. The summed E-state index contributed by atoms with van der Waals surface area (Å²) >= 11 is 1.72. The van der Waals surface area contributed by atoms with Crippen molar-refractivity contribution in [2.75, 3.05) is 51.2 Å². The zero-order valence-electron chi connectivity index (χ0n) is 24.5. The van der Waals surface area contributed by atoms with Gasteiger partial charge >= 0.3 is 13.7 Å². The maximum Gasteiger partial charge on any atom is 0.408 e. The van der Waals surface area contributed by atoms with Gasteiger partial charge in [0.15, 0.2) is 0 Å². The Morgan fingerprint density at radius 1 is 1.00 bits per heavy atom. The van der Waals surface area contributed by atoms with Crippen LogP contribution in [0.15, 0.2) is 35.2 Å². The van der Waals surface area contributed by atoms with Crippen LogP contribution in [0.2, 0.25) is 0 Å². The van der Waals surface area contributed by atoms with Crippen LogP contribution in [-0.4, -0.2) is 101 Å². The van der Waals surface area contributed by atoms with E-state index in [2.05, 4.69) is 21.9 Å². The summed E-state index contributed by atoms with van der Waals surface area (Å²) < 4.78 is 24.4. The Hall–Kier alpha value is -1.09. The highest BCUT2D eigenvalue weighted by atomic mass is 32.2. The molecule has 2 rings (SSSR count). The number of carboxylic acid groups (broad SMARTS) is 1. The van der Waals surface area contributed by atoms with E-state index in [4.69, 9.17) is 9.05 Å². The molecule has 0 aromatic heterocycles. The molecule has 0 bridgehead atoms. The summed E-state index contributed by atoms with van der Waals surface area (Å²) in [6.07, 6.45) is 0.880. The first-order chi connectivity index (χ1) is 17.8. The lowest BCUT2D eigenvalue weighted by atomic mass is 10.0. The number of benzene rings is 1. The summed E-state index contributed by atoms with van der Waals surface area (Å²) in [5.41, 5.74) is -0.468. The second-order valence-electron chi connectivity index (χ2n) is 11.6. The third-order valence-corrected chi connectivity index (χ3v) is 9.88. The van der Waals surface area contributed by atoms with Crippen molar-refractivity contribution >= 4 is 25.5 Å². The third kappa shape index (κ3) is 12.0. The minimum absolute atomic E-state index is 0.0770. The Morgan fingerprint density at radius 2 is 1.53 bits per heavy atom. The summed E-state index contributed by atoms with van der Waals surface area (Å²) in [7, 11) is -3.09. The van der Waals surface area contributed by atoms with Crippen molar-refractivity contribution in [2.24, 2.45) is 0 Å². The zero-order chi connectivity index (χ0) is 28.3. The average molecular weight is 572 g/mol. The SMILES string of the molecule is CC(C)OP(=O)(CCCN1CCN(CC[C@H](CSc2ccccc2)N(C(=O)O)C(C)(C)C)CC1)OC(C)C. The Labute approximate surface area is 235 Å². The van der Waals surface area contributed by atoms with Crippen molar-refractivity contribution in [3.63, 3.8) is 0 Å². The highest BCUT2D eigenvalue weighted by Gasteiger charge is 2.34. The fraction of sp³-hybridized carbons (Fsp3) is 0.750. The Bertz CT molecular complexity index is 859. The van der Waals surface area contributed by atoms with Crippen molar-refractivity contribution in [3.05, 3.63) is 30.3 Å². The summed E-state index contributed by atoms with van der Waals surface area (Å²) in [4.78, 5) is 19.9. The van der Waals surface area contributed by atoms with Gasteiger partial charge < -0.3 is 24.0 Å². The molecular weight excluding hydrogens is 521 g/mol. The van der Waals surface area contributed by atoms with Gasteiger partial charge in [0.25, 0.3) is 0 Å². The molecule has 1 N–H and O–H groups in total. The highest BCUT2D eigenvalue weighted by Crippen LogP contribution is 2.50. The van der Waals surface area contributed by atoms with Gasteiger partial charge in [-0.05, 0) is 80.0 Å². The van der Waals surface area contributed by atoms with E-state index >= 15 is 0 Å². The molecule has 1 heterocycles. The predicted octanol–water partition coefficient (Wildman–Crippen LogP) is 6.37. The summed E-state index contributed by atoms with van der Waals surface area (Å²) in [5.74, 6) is 0.727. The number of piperazine rings is 1. The number of carbonyl (C=O) groups is 1. The fourth-order valence-electron chi connectivity index (χ4n) is 4.82. The van der Waals surface area contributed by atoms with Gasteiger partial charge in [0.1, 0.15) is 0 Å². The van der Waals surface area contributed by atoms with Crippen LogP contribution in [0.3, 0.4) is 0 Å². The maximum absolute atomic E-state index is 13.1. The molecule has 218 valence electrons. The lowest BCUT2D eigenvalue weighted by molar-refractivity contribution is 0.0654. The normalized spacial score (nSPS) is 16.8. The molecule has 0 radical (unpaired) electrons. The lowest BCUT2D eigenvalue weighted by Gasteiger charge is -2.41. The van der Waals surface area contributed by atoms with Crippen molar-refractivity contribution in [1.29, 1.82) is 0 Å². The number of amides is 1. The van der Waals surface area contributed by atoms with Crippen LogP contribution in [0.4, 0.5) is 4.79 Å². The van der Waals surface area contributed by atoms with Crippen LogP contribution >= 0.6 is 19.4 Å². The molecule has 1 atom stereocenters. The maximum atomic E-state index is 13.1. The summed E-state index contributed by atoms with van der Waals surface area (Å²) in [5, 5.41) is 10.0. The number of hydrogen-bond acceptors (Lipinski definition) is 7. The largest absolute Gasteiger partial charge is 0.465 e. The molecule has 0 spiro atoms. The number of nitrogens with zero attached hydrogens (tertiary/aromatic N) is 3. The molecule has 10 heteroatoms. The van der Waals surface area contributed by atoms with Crippen LogP contribution in [-0.2, 0) is 13.6 Å². The molecule has 1 aliphatic rings. The Kier molecular flexibility index (Phi) is 13.6. The van der Waals surface area contributed by atoms with Gasteiger partial charge in [0, 0.05) is 55.0 Å². The van der Waals surface area contributed by atoms with Crippen molar-refractivity contribution < 1.29 is 23.5 Å². The highest BCUT2D eigenvalue weighted by molar-refractivity contribution is 7.99. The number of hydrogen-bond donors (Lipinski definition) is 1. The molecule has 1 fully saturated rings. The topological polar surface area (TPSA) is 82.6 Å². The van der Waals surface area contributed by atoms with Gasteiger partial charge in [-0.2, -0.15) is 0 Å². The molecule has 0 saturated carbocycles. The van der Waals surface area contributed by atoms with E-state index in [1.807, 2.05) is 66.7 Å². The first-order valence-electron chi connectivity index (χ1n) is 13.9. The minimum atomic E-state index is -3.09. The molecule has 0 unspecified atom stereocenters. The molecule has 38 heavy (non-hydrogen) atoms. The predicted molar refractivity (Wildman–Crippen MR) is 158 cm³/mol. The van der Waals surface area contributed by atoms with Gasteiger partial charge in [0.2, 0.25) is 0 Å². The zero-order valence-corrected chi connectivity index (χ0v) is 26.2. The molecule has 8 nitrogen and oxygen atoms in total. The minimum Gasteiger partial charge on any atom is -0.465 e. The van der Waals surface area contributed by atoms with Crippen LogP contribution < -0.4 is 0 Å². The molecular formula is C28H50N3O5PS. The Morgan fingerprint density at radius 3 is 2.00 bits per heavy atom. The van der Waals surface area contributed by atoms with E-state index in [1.165, 1.54) is 0 Å². The lowest BCUT2D eigenvalue weighted by Crippen LogP contribution is -2.54. The van der Waals surface area contributed by atoms with Gasteiger partial charge in [-0.3, -0.25) is 9.46 Å². The van der Waals surface area contributed by atoms with Gasteiger partial charge in [-0.1, -0.05) is 18.2 Å². The molecule has 0 aliphatic carbocycles. The van der Waals surface area contributed by atoms with Gasteiger partial charge in [0.05, 0.1) is 18.4 Å². The Balaban J connectivity index is 1.86. The number of thioether (sulfide) groups is 1. The molecule has 1 aromatic rings. The van der Waals surface area contributed by atoms with Crippen molar-refractivity contribution in [2.45, 2.75) is 90.0 Å². The van der Waals surface area contributed by atoms with Crippen LogP contribution in [0.25, 0.3) is 0 Å². The molecule has 1 saturated heterocycles. The van der Waals surface area contributed by atoms with Crippen LogP contribution in [0.5, 0.6) is 0 Å². The van der Waals surface area contributed by atoms with E-state index in [-0.39, 0.29) is 18.2 Å². The van der Waals surface area contributed by atoms with E-state index in [9.17, 15) is 14.5 Å². The van der Waals surface area contributed by atoms with E-state index in [1.54, 1.807) is 16.7 Å². The third-order valence-electron chi connectivity index (χ3n) is 6.37. The molecule has 1 aliphatic heterocycles. The fourth-order valence-corrected chi connectivity index (χ4v) is 7.94. The smallest absolute Gasteiger partial charge is 0.408 e. The van der Waals surface area contributed by atoms with E-state index in [0.717, 1.165) is 62.8 Å². The number of rotatable bonds is 15. The second-order valence-corrected chi connectivity index (χ2v) is 14.8. The van der Waals surface area contributed by atoms with Crippen molar-refractivity contribution in [3.8, 4) is 0 Å². The average Bonchev–Trinajstić information content (AvgIpc) is 2.80. The van der Waals surface area contributed by atoms with Crippen LogP contribution in [0.1, 0.15) is 61.3 Å². The first-order valence-corrected chi connectivity index (χ1v) is 16.6. The molecule has 1 aromatic carbocycles. The second kappa shape index (κ2) is 15.6. The monoisotopic (exact) mass is 571 g/mol. The van der Waals surface area contributed by atoms with Crippen LogP contribution in [0, 0.1) is 0 Å². The van der Waals surface area contributed by atoms with E-state index < -0.39 is 19.2 Å². The summed E-state index contributed by atoms with van der Waals surface area (Å²) in [6, 6.07) is 10.1. The van der Waals surface area contributed by atoms with Gasteiger partial charge in [-0.15, -0.1) is 11.8 Å². The quantitative estimate of drug-likeness (QED) is 0.192. The molecule has 1 amide bonds. The first kappa shape index (κ1) is 33.1.